The Bertz CT molecular complexity index is 983. The van der Waals surface area contributed by atoms with E-state index in [1.165, 1.54) is 15.6 Å². The lowest BCUT2D eigenvalue weighted by molar-refractivity contribution is 0.0906. The van der Waals surface area contributed by atoms with E-state index < -0.39 is 15.6 Å². The molecule has 1 atom stereocenters. The van der Waals surface area contributed by atoms with Crippen molar-refractivity contribution in [1.82, 2.24) is 14.6 Å². The maximum Gasteiger partial charge on any atom is 0.254 e. The second-order valence-electron chi connectivity index (χ2n) is 7.09. The standard InChI is InChI=1S/C18H21N3O3S2/c1-12-17(25-13(2)19-12)26(23,24)21-10-9-18(11-21)8-7-14-5-3-4-6-15(14)16(22)20-18/h3-6H,7-11H2,1-2H3,(H,20,22). The van der Waals surface area contributed by atoms with Crippen molar-refractivity contribution < 1.29 is 13.2 Å². The number of thiazole rings is 1. The summed E-state index contributed by atoms with van der Waals surface area (Å²) >= 11 is 1.21. The highest BCUT2D eigenvalue weighted by Crippen LogP contribution is 2.35. The normalized spacial score (nSPS) is 23.7. The van der Waals surface area contributed by atoms with Crippen LogP contribution in [-0.4, -0.2) is 42.2 Å². The number of carbonyl (C=O) groups excluding carboxylic acids is 1. The van der Waals surface area contributed by atoms with Crippen molar-refractivity contribution in [1.29, 1.82) is 0 Å². The third-order valence-electron chi connectivity index (χ3n) is 5.27. The molecule has 1 aromatic carbocycles. The first-order chi connectivity index (χ1) is 12.3. The molecule has 0 bridgehead atoms. The molecule has 138 valence electrons. The molecule has 0 saturated carbocycles. The lowest BCUT2D eigenvalue weighted by Gasteiger charge is -2.28. The van der Waals surface area contributed by atoms with Crippen LogP contribution in [0.2, 0.25) is 0 Å². The average Bonchev–Trinajstić information content (AvgIpc) is 3.13. The molecule has 3 heterocycles. The zero-order valence-electron chi connectivity index (χ0n) is 14.8. The minimum Gasteiger partial charge on any atom is -0.345 e. The van der Waals surface area contributed by atoms with E-state index in [1.54, 1.807) is 6.92 Å². The summed E-state index contributed by atoms with van der Waals surface area (Å²) < 4.78 is 27.9. The number of benzene rings is 1. The van der Waals surface area contributed by atoms with Crippen molar-refractivity contribution in [2.45, 2.75) is 42.9 Å². The molecule has 2 aliphatic heterocycles. The Kier molecular flexibility index (Phi) is 4.17. The molecule has 1 saturated heterocycles. The lowest BCUT2D eigenvalue weighted by atomic mass is 9.92. The van der Waals surface area contributed by atoms with Crippen LogP contribution in [0, 0.1) is 13.8 Å². The van der Waals surface area contributed by atoms with Gasteiger partial charge in [0.05, 0.1) is 16.2 Å². The molecular formula is C18H21N3O3S2. The van der Waals surface area contributed by atoms with Gasteiger partial charge in [0.2, 0.25) is 0 Å². The van der Waals surface area contributed by atoms with E-state index in [-0.39, 0.29) is 5.91 Å². The van der Waals surface area contributed by atoms with Gasteiger partial charge in [0.25, 0.3) is 15.9 Å². The first kappa shape index (κ1) is 17.6. The first-order valence-electron chi connectivity index (χ1n) is 8.65. The Labute approximate surface area is 157 Å². The number of carbonyl (C=O) groups is 1. The number of rotatable bonds is 2. The maximum absolute atomic E-state index is 13.1. The van der Waals surface area contributed by atoms with Gasteiger partial charge in [-0.1, -0.05) is 18.2 Å². The summed E-state index contributed by atoms with van der Waals surface area (Å²) in [5, 5.41) is 3.87. The fraction of sp³-hybridized carbons (Fsp3) is 0.444. The van der Waals surface area contributed by atoms with Gasteiger partial charge in [-0.25, -0.2) is 13.4 Å². The summed E-state index contributed by atoms with van der Waals surface area (Å²) in [7, 11) is -3.58. The zero-order chi connectivity index (χ0) is 18.5. The van der Waals surface area contributed by atoms with Crippen molar-refractivity contribution in [3.8, 4) is 0 Å². The third-order valence-corrected chi connectivity index (χ3v) is 8.77. The molecule has 1 amide bonds. The van der Waals surface area contributed by atoms with Crippen molar-refractivity contribution in [2.24, 2.45) is 0 Å². The van der Waals surface area contributed by atoms with Crippen LogP contribution in [0.3, 0.4) is 0 Å². The van der Waals surface area contributed by atoms with E-state index >= 15 is 0 Å². The second-order valence-corrected chi connectivity index (χ2v) is 10.4. The van der Waals surface area contributed by atoms with Gasteiger partial charge in [-0.15, -0.1) is 11.3 Å². The minimum atomic E-state index is -3.58. The lowest BCUT2D eigenvalue weighted by Crippen LogP contribution is -2.50. The van der Waals surface area contributed by atoms with Crippen molar-refractivity contribution >= 4 is 27.3 Å². The Balaban J connectivity index is 1.61. The van der Waals surface area contributed by atoms with Crippen molar-refractivity contribution in [3.63, 3.8) is 0 Å². The molecule has 1 aromatic heterocycles. The molecule has 26 heavy (non-hydrogen) atoms. The van der Waals surface area contributed by atoms with Crippen LogP contribution in [0.25, 0.3) is 0 Å². The molecule has 0 aliphatic carbocycles. The molecular weight excluding hydrogens is 370 g/mol. The van der Waals surface area contributed by atoms with Crippen LogP contribution < -0.4 is 5.32 Å². The third kappa shape index (κ3) is 2.86. The number of hydrogen-bond donors (Lipinski definition) is 1. The van der Waals surface area contributed by atoms with Gasteiger partial charge in [0.1, 0.15) is 0 Å². The smallest absolute Gasteiger partial charge is 0.254 e. The SMILES string of the molecule is Cc1nc(C)c(S(=O)(=O)N2CCC3(CCc4ccccc4C(=O)N3)C2)s1. The number of nitrogens with zero attached hydrogens (tertiary/aromatic N) is 2. The van der Waals surface area contributed by atoms with Crippen LogP contribution in [0.1, 0.15) is 39.5 Å². The Morgan fingerprint density at radius 2 is 2.00 bits per heavy atom. The van der Waals surface area contributed by atoms with E-state index in [0.29, 0.717) is 35.0 Å². The summed E-state index contributed by atoms with van der Waals surface area (Å²) in [4.78, 5) is 16.9. The summed E-state index contributed by atoms with van der Waals surface area (Å²) in [5.74, 6) is -0.109. The maximum atomic E-state index is 13.1. The molecule has 1 N–H and O–H groups in total. The van der Waals surface area contributed by atoms with Crippen LogP contribution in [-0.2, 0) is 16.4 Å². The number of aromatic nitrogens is 1. The molecule has 1 spiro atoms. The summed E-state index contributed by atoms with van der Waals surface area (Å²) in [6, 6.07) is 7.60. The monoisotopic (exact) mass is 391 g/mol. The topological polar surface area (TPSA) is 79.4 Å². The van der Waals surface area contributed by atoms with Gasteiger partial charge < -0.3 is 5.32 Å². The van der Waals surface area contributed by atoms with Crippen molar-refractivity contribution in [3.05, 3.63) is 46.1 Å². The quantitative estimate of drug-likeness (QED) is 0.852. The number of sulfonamides is 1. The highest BCUT2D eigenvalue weighted by molar-refractivity contribution is 7.91. The predicted octanol–water partition coefficient (Wildman–Crippen LogP) is 2.27. The van der Waals surface area contributed by atoms with E-state index in [4.69, 9.17) is 0 Å². The highest BCUT2D eigenvalue weighted by atomic mass is 32.2. The number of nitrogens with one attached hydrogen (secondary N) is 1. The van der Waals surface area contributed by atoms with Crippen LogP contribution in [0.15, 0.2) is 28.5 Å². The summed E-state index contributed by atoms with van der Waals surface area (Å²) in [5.41, 5.74) is 1.76. The fourth-order valence-electron chi connectivity index (χ4n) is 3.92. The fourth-order valence-corrected chi connectivity index (χ4v) is 7.06. The Morgan fingerprint density at radius 1 is 1.23 bits per heavy atom. The Hall–Kier alpha value is -1.77. The van der Waals surface area contributed by atoms with Gasteiger partial charge in [-0.05, 0) is 44.7 Å². The van der Waals surface area contributed by atoms with E-state index in [2.05, 4.69) is 10.3 Å². The average molecular weight is 392 g/mol. The second kappa shape index (κ2) is 6.14. The molecule has 4 rings (SSSR count). The minimum absolute atomic E-state index is 0.109. The first-order valence-corrected chi connectivity index (χ1v) is 10.9. The molecule has 2 aromatic rings. The molecule has 1 unspecified atom stereocenters. The molecule has 8 heteroatoms. The number of fused-ring (bicyclic) bond motifs is 1. The molecule has 2 aliphatic rings. The van der Waals surface area contributed by atoms with Gasteiger partial charge in [0.15, 0.2) is 4.21 Å². The van der Waals surface area contributed by atoms with Gasteiger partial charge >= 0.3 is 0 Å². The summed E-state index contributed by atoms with van der Waals surface area (Å²) in [6.45, 7) is 4.26. The number of hydrogen-bond acceptors (Lipinski definition) is 5. The van der Waals surface area contributed by atoms with E-state index in [1.807, 2.05) is 31.2 Å². The van der Waals surface area contributed by atoms with Crippen LogP contribution in [0.5, 0.6) is 0 Å². The largest absolute Gasteiger partial charge is 0.345 e. The number of aryl methyl sites for hydroxylation is 3. The predicted molar refractivity (Wildman–Crippen MR) is 99.9 cm³/mol. The zero-order valence-corrected chi connectivity index (χ0v) is 16.4. The van der Waals surface area contributed by atoms with E-state index in [9.17, 15) is 13.2 Å². The Morgan fingerprint density at radius 3 is 2.73 bits per heavy atom. The molecule has 1 fully saturated rings. The number of amides is 1. The highest BCUT2D eigenvalue weighted by Gasteiger charge is 2.45. The van der Waals surface area contributed by atoms with Gasteiger partial charge in [0, 0.05) is 18.7 Å². The summed E-state index contributed by atoms with van der Waals surface area (Å²) in [6.07, 6.45) is 2.13. The van der Waals surface area contributed by atoms with E-state index in [0.717, 1.165) is 23.4 Å². The molecule has 6 nitrogen and oxygen atoms in total. The van der Waals surface area contributed by atoms with Crippen LogP contribution in [0.4, 0.5) is 0 Å². The van der Waals surface area contributed by atoms with Crippen molar-refractivity contribution in [2.75, 3.05) is 13.1 Å². The van der Waals surface area contributed by atoms with Gasteiger partial charge in [-0.3, -0.25) is 4.79 Å². The van der Waals surface area contributed by atoms with Gasteiger partial charge in [-0.2, -0.15) is 4.31 Å². The molecule has 0 radical (unpaired) electrons. The van der Waals surface area contributed by atoms with Crippen LogP contribution >= 0.6 is 11.3 Å².